The molecule has 0 aliphatic carbocycles. The smallest absolute Gasteiger partial charge is 0.274 e. The molecule has 1 fully saturated rings. The molecule has 1 aliphatic rings. The monoisotopic (exact) mass is 502 g/mol. The molecule has 4 aromatic rings. The summed E-state index contributed by atoms with van der Waals surface area (Å²) in [6.07, 6.45) is 3.18. The number of aryl methyl sites for hydroxylation is 1. The van der Waals surface area contributed by atoms with Crippen molar-refractivity contribution in [3.8, 4) is 5.69 Å². The molecule has 0 atom stereocenters. The van der Waals surface area contributed by atoms with Crippen molar-refractivity contribution in [2.24, 2.45) is 0 Å². The van der Waals surface area contributed by atoms with Crippen LogP contribution in [-0.4, -0.2) is 54.3 Å². The Morgan fingerprint density at radius 3 is 2.19 bits per heavy atom. The van der Waals surface area contributed by atoms with Crippen molar-refractivity contribution in [2.75, 3.05) is 24.7 Å². The first-order valence-corrected chi connectivity index (χ1v) is 13.6. The number of amides is 2. The highest BCUT2D eigenvalue weighted by atomic mass is 32.2. The molecule has 1 aromatic heterocycles. The molecule has 0 bridgehead atoms. The number of carbonyl (C=O) groups excluding carboxylic acids is 2. The number of likely N-dealkylation sites (tertiary alicyclic amines) is 1. The van der Waals surface area contributed by atoms with Crippen molar-refractivity contribution in [3.05, 3.63) is 83.7 Å². The van der Waals surface area contributed by atoms with Gasteiger partial charge in [-0.15, -0.1) is 0 Å². The van der Waals surface area contributed by atoms with Gasteiger partial charge in [0.2, 0.25) is 0 Å². The van der Waals surface area contributed by atoms with Crippen LogP contribution in [0.1, 0.15) is 39.4 Å². The fourth-order valence-electron chi connectivity index (χ4n) is 4.51. The second-order valence-electron chi connectivity index (χ2n) is 9.05. The first-order chi connectivity index (χ1) is 17.2. The maximum absolute atomic E-state index is 13.3. The van der Waals surface area contributed by atoms with E-state index in [1.54, 1.807) is 49.4 Å². The van der Waals surface area contributed by atoms with Crippen LogP contribution in [0.25, 0.3) is 16.5 Å². The molecule has 0 saturated carbocycles. The van der Waals surface area contributed by atoms with Crippen molar-refractivity contribution in [3.63, 3.8) is 0 Å². The molecule has 5 rings (SSSR count). The van der Waals surface area contributed by atoms with Crippen molar-refractivity contribution in [2.45, 2.75) is 24.7 Å². The number of benzene rings is 3. The summed E-state index contributed by atoms with van der Waals surface area (Å²) in [6, 6.07) is 19.2. The van der Waals surface area contributed by atoms with E-state index >= 15 is 0 Å². The van der Waals surface area contributed by atoms with Crippen LogP contribution in [0.3, 0.4) is 0 Å². The third kappa shape index (κ3) is 4.61. The molecule has 3 aromatic carbocycles. The van der Waals surface area contributed by atoms with Gasteiger partial charge in [0, 0.05) is 30.6 Å². The second-order valence-corrected chi connectivity index (χ2v) is 11.0. The van der Waals surface area contributed by atoms with Gasteiger partial charge < -0.3 is 10.2 Å². The van der Waals surface area contributed by atoms with Crippen LogP contribution in [0.5, 0.6) is 0 Å². The number of nitrogens with zero attached hydrogens (tertiary/aromatic N) is 3. The summed E-state index contributed by atoms with van der Waals surface area (Å²) in [5, 5.41) is 8.89. The average Bonchev–Trinajstić information content (AvgIpc) is 3.53. The van der Waals surface area contributed by atoms with Crippen molar-refractivity contribution < 1.29 is 18.0 Å². The Morgan fingerprint density at radius 1 is 0.917 bits per heavy atom. The fourth-order valence-corrected chi connectivity index (χ4v) is 5.38. The van der Waals surface area contributed by atoms with Crippen LogP contribution in [0.15, 0.2) is 71.6 Å². The van der Waals surface area contributed by atoms with Gasteiger partial charge in [0.15, 0.2) is 9.84 Å². The Labute approximate surface area is 209 Å². The molecule has 0 unspecified atom stereocenters. The number of nitrogens with one attached hydrogen (secondary N) is 1. The van der Waals surface area contributed by atoms with E-state index in [-0.39, 0.29) is 16.5 Å². The number of fused-ring (bicyclic) bond motifs is 1. The Balaban J connectivity index is 1.47. The molecule has 36 heavy (non-hydrogen) atoms. The quantitative estimate of drug-likeness (QED) is 0.440. The summed E-state index contributed by atoms with van der Waals surface area (Å²) >= 11 is 0. The van der Waals surface area contributed by atoms with E-state index in [9.17, 15) is 18.0 Å². The van der Waals surface area contributed by atoms with E-state index in [1.165, 1.54) is 4.68 Å². The molecule has 8 nitrogen and oxygen atoms in total. The van der Waals surface area contributed by atoms with E-state index in [0.717, 1.165) is 43.0 Å². The topological polar surface area (TPSA) is 101 Å². The maximum Gasteiger partial charge on any atom is 0.274 e. The standard InChI is InChI=1S/C27H26N4O4S/c1-18-15-24(26(32)28-22-11-9-19(10-12-22)27(33)30-13-5-6-14-30)31(29-18)23-16-20-7-3-4-8-21(20)17-25(23)36(2,34)35/h3-4,7-12,15-17H,5-6,13-14H2,1-2H3,(H,28,32). The van der Waals surface area contributed by atoms with Crippen LogP contribution < -0.4 is 5.32 Å². The lowest BCUT2D eigenvalue weighted by atomic mass is 10.1. The Bertz CT molecular complexity index is 1580. The Hall–Kier alpha value is -3.98. The van der Waals surface area contributed by atoms with Crippen LogP contribution in [-0.2, 0) is 9.84 Å². The number of rotatable bonds is 5. The molecule has 1 N–H and O–H groups in total. The highest BCUT2D eigenvalue weighted by molar-refractivity contribution is 7.90. The van der Waals surface area contributed by atoms with Crippen LogP contribution in [0, 0.1) is 6.92 Å². The number of hydrogen-bond donors (Lipinski definition) is 1. The van der Waals surface area contributed by atoms with Crippen molar-refractivity contribution in [1.29, 1.82) is 0 Å². The molecule has 184 valence electrons. The highest BCUT2D eigenvalue weighted by Crippen LogP contribution is 2.28. The number of sulfone groups is 1. The lowest BCUT2D eigenvalue weighted by molar-refractivity contribution is 0.0792. The molecule has 9 heteroatoms. The molecule has 1 saturated heterocycles. The zero-order chi connectivity index (χ0) is 25.4. The normalized spacial score (nSPS) is 13.8. The van der Waals surface area contributed by atoms with Gasteiger partial charge in [0.1, 0.15) is 5.69 Å². The molecule has 2 amide bonds. The molecule has 0 spiro atoms. The van der Waals surface area contributed by atoms with E-state index in [1.807, 2.05) is 29.2 Å². The van der Waals surface area contributed by atoms with Gasteiger partial charge in [-0.05, 0) is 73.0 Å². The number of carbonyl (C=O) groups is 2. The first kappa shape index (κ1) is 23.7. The SMILES string of the molecule is Cc1cc(C(=O)Nc2ccc(C(=O)N3CCCC3)cc2)n(-c2cc3ccccc3cc2S(C)(=O)=O)n1. The van der Waals surface area contributed by atoms with Crippen molar-refractivity contribution >= 4 is 38.1 Å². The lowest BCUT2D eigenvalue weighted by Gasteiger charge is -2.15. The van der Waals surface area contributed by atoms with Gasteiger partial charge >= 0.3 is 0 Å². The van der Waals surface area contributed by atoms with Gasteiger partial charge in [0.05, 0.1) is 16.3 Å². The van der Waals surface area contributed by atoms with Gasteiger partial charge in [-0.2, -0.15) is 5.10 Å². The fraction of sp³-hybridized carbons (Fsp3) is 0.222. The zero-order valence-corrected chi connectivity index (χ0v) is 20.9. The van der Waals surface area contributed by atoms with E-state index in [4.69, 9.17) is 0 Å². The third-order valence-corrected chi connectivity index (χ3v) is 7.43. The highest BCUT2D eigenvalue weighted by Gasteiger charge is 2.23. The number of anilines is 1. The van der Waals surface area contributed by atoms with Crippen LogP contribution in [0.2, 0.25) is 0 Å². The largest absolute Gasteiger partial charge is 0.339 e. The molecule has 2 heterocycles. The summed E-state index contributed by atoms with van der Waals surface area (Å²) in [6.45, 7) is 3.28. The minimum Gasteiger partial charge on any atom is -0.339 e. The average molecular weight is 503 g/mol. The third-order valence-electron chi connectivity index (χ3n) is 6.30. The summed E-state index contributed by atoms with van der Waals surface area (Å²) in [7, 11) is -3.61. The van der Waals surface area contributed by atoms with Crippen molar-refractivity contribution in [1.82, 2.24) is 14.7 Å². The van der Waals surface area contributed by atoms with E-state index in [2.05, 4.69) is 10.4 Å². The van der Waals surface area contributed by atoms with E-state index in [0.29, 0.717) is 22.6 Å². The Kier molecular flexibility index (Phi) is 6.09. The maximum atomic E-state index is 13.3. The Morgan fingerprint density at radius 2 is 1.56 bits per heavy atom. The summed E-state index contributed by atoms with van der Waals surface area (Å²) in [5.74, 6) is -0.453. The van der Waals surface area contributed by atoms with Gasteiger partial charge in [0.25, 0.3) is 11.8 Å². The predicted molar refractivity (Wildman–Crippen MR) is 138 cm³/mol. The van der Waals surface area contributed by atoms with Gasteiger partial charge in [-0.3, -0.25) is 9.59 Å². The zero-order valence-electron chi connectivity index (χ0n) is 20.1. The predicted octanol–water partition coefficient (Wildman–Crippen LogP) is 4.23. The first-order valence-electron chi connectivity index (χ1n) is 11.7. The minimum atomic E-state index is -3.61. The molecule has 0 radical (unpaired) electrons. The lowest BCUT2D eigenvalue weighted by Crippen LogP contribution is -2.27. The van der Waals surface area contributed by atoms with E-state index < -0.39 is 15.7 Å². The summed E-state index contributed by atoms with van der Waals surface area (Å²) in [5.41, 5.74) is 2.17. The summed E-state index contributed by atoms with van der Waals surface area (Å²) in [4.78, 5) is 27.8. The van der Waals surface area contributed by atoms with Gasteiger partial charge in [-0.1, -0.05) is 24.3 Å². The molecule has 1 aliphatic heterocycles. The second kappa shape index (κ2) is 9.23. The van der Waals surface area contributed by atoms with Crippen LogP contribution >= 0.6 is 0 Å². The minimum absolute atomic E-state index is 0.0105. The van der Waals surface area contributed by atoms with Gasteiger partial charge in [-0.25, -0.2) is 13.1 Å². The molecular formula is C27H26N4O4S. The number of aromatic nitrogens is 2. The molecular weight excluding hydrogens is 476 g/mol. The summed E-state index contributed by atoms with van der Waals surface area (Å²) < 4.78 is 26.7. The number of hydrogen-bond acceptors (Lipinski definition) is 5. The van der Waals surface area contributed by atoms with Crippen LogP contribution in [0.4, 0.5) is 5.69 Å².